The molecule has 43 heavy (non-hydrogen) atoms. The summed E-state index contributed by atoms with van der Waals surface area (Å²) in [7, 11) is 1.65. The molecule has 2 aromatic heterocycles. The van der Waals surface area contributed by atoms with Gasteiger partial charge in [-0.05, 0) is 69.0 Å². The van der Waals surface area contributed by atoms with E-state index in [-0.39, 0.29) is 30.7 Å². The van der Waals surface area contributed by atoms with Crippen LogP contribution >= 0.6 is 0 Å². The smallest absolute Gasteiger partial charge is 0.410 e. The Bertz CT molecular complexity index is 1510. The molecule has 0 bridgehead atoms. The van der Waals surface area contributed by atoms with Crippen molar-refractivity contribution in [1.29, 1.82) is 0 Å². The Morgan fingerprint density at radius 2 is 2.00 bits per heavy atom. The van der Waals surface area contributed by atoms with E-state index in [9.17, 15) is 22.8 Å². The zero-order chi connectivity index (χ0) is 31.1. The molecule has 2 aliphatic rings. The van der Waals surface area contributed by atoms with Gasteiger partial charge >= 0.3 is 12.3 Å². The fraction of sp³-hybridized carbons (Fsp3) is 0.500. The molecule has 0 unspecified atom stereocenters. The number of amides is 2. The lowest BCUT2D eigenvalue weighted by molar-refractivity contribution is -0.141. The Morgan fingerprint density at radius 1 is 1.23 bits per heavy atom. The van der Waals surface area contributed by atoms with Crippen LogP contribution in [0.4, 0.5) is 23.8 Å². The summed E-state index contributed by atoms with van der Waals surface area (Å²) in [5.74, 6) is 0.373. The van der Waals surface area contributed by atoms with Gasteiger partial charge in [0.25, 0.3) is 5.91 Å². The van der Waals surface area contributed by atoms with E-state index in [0.717, 1.165) is 23.1 Å². The van der Waals surface area contributed by atoms with Gasteiger partial charge in [-0.1, -0.05) is 12.1 Å². The molecule has 230 valence electrons. The molecule has 3 aromatic rings. The zero-order valence-electron chi connectivity index (χ0n) is 24.8. The fourth-order valence-electron chi connectivity index (χ4n) is 5.41. The maximum absolute atomic E-state index is 13.8. The highest BCUT2D eigenvalue weighted by molar-refractivity contribution is 6.10. The monoisotopic (exact) mass is 600 g/mol. The number of fused-ring (bicyclic) bond motifs is 1. The van der Waals surface area contributed by atoms with E-state index in [2.05, 4.69) is 15.2 Å². The van der Waals surface area contributed by atoms with Crippen LogP contribution in [0.15, 0.2) is 36.7 Å². The average Bonchev–Trinajstić information content (AvgIpc) is 3.68. The first kappa shape index (κ1) is 30.5. The molecule has 2 aliphatic heterocycles. The van der Waals surface area contributed by atoms with Crippen LogP contribution in [0.2, 0.25) is 0 Å². The summed E-state index contributed by atoms with van der Waals surface area (Å²) < 4.78 is 51.7. The Balaban J connectivity index is 1.46. The fourth-order valence-corrected chi connectivity index (χ4v) is 5.41. The van der Waals surface area contributed by atoms with Gasteiger partial charge in [-0.2, -0.15) is 13.2 Å². The summed E-state index contributed by atoms with van der Waals surface area (Å²) in [6, 6.07) is 7.95. The van der Waals surface area contributed by atoms with Gasteiger partial charge in [0.05, 0.1) is 19.6 Å². The molecule has 0 saturated carbocycles. The van der Waals surface area contributed by atoms with Gasteiger partial charge in [0.2, 0.25) is 0 Å². The number of alkyl halides is 3. The molecular formula is C30H35F3N6O4. The molecule has 0 N–H and O–H groups in total. The van der Waals surface area contributed by atoms with E-state index < -0.39 is 30.3 Å². The van der Waals surface area contributed by atoms with Crippen molar-refractivity contribution in [1.82, 2.24) is 24.6 Å². The summed E-state index contributed by atoms with van der Waals surface area (Å²) >= 11 is 0. The number of nitrogens with zero attached hydrogens (tertiary/aromatic N) is 6. The third-order valence-corrected chi connectivity index (χ3v) is 7.49. The summed E-state index contributed by atoms with van der Waals surface area (Å²) in [5, 5.41) is 7.85. The maximum Gasteiger partial charge on any atom is 0.410 e. The van der Waals surface area contributed by atoms with E-state index in [1.165, 1.54) is 27.6 Å². The first-order valence-electron chi connectivity index (χ1n) is 14.1. The molecule has 1 fully saturated rings. The van der Waals surface area contributed by atoms with Crippen molar-refractivity contribution >= 4 is 17.8 Å². The van der Waals surface area contributed by atoms with Gasteiger partial charge in [0.1, 0.15) is 23.4 Å². The van der Waals surface area contributed by atoms with Crippen LogP contribution in [0.3, 0.4) is 0 Å². The highest BCUT2D eigenvalue weighted by Crippen LogP contribution is 2.36. The highest BCUT2D eigenvalue weighted by Gasteiger charge is 2.35. The van der Waals surface area contributed by atoms with E-state index in [1.54, 1.807) is 46.0 Å². The van der Waals surface area contributed by atoms with E-state index >= 15 is 0 Å². The van der Waals surface area contributed by atoms with Crippen molar-refractivity contribution in [3.63, 3.8) is 0 Å². The summed E-state index contributed by atoms with van der Waals surface area (Å²) in [4.78, 5) is 34.3. The minimum atomic E-state index is -4.36. The number of carbonyl (C=O) groups is 2. The first-order valence-corrected chi connectivity index (χ1v) is 14.1. The number of carbonyl (C=O) groups excluding carboxylic acids is 2. The minimum absolute atomic E-state index is 0.129. The third kappa shape index (κ3) is 6.82. The number of halogens is 3. The number of ether oxygens (including phenoxy) is 2. The molecule has 0 radical (unpaired) electrons. The van der Waals surface area contributed by atoms with E-state index in [4.69, 9.17) is 9.47 Å². The summed E-state index contributed by atoms with van der Waals surface area (Å²) in [6.45, 7) is 8.46. The van der Waals surface area contributed by atoms with Crippen molar-refractivity contribution in [3.05, 3.63) is 58.9 Å². The Labute approximate surface area is 247 Å². The summed E-state index contributed by atoms with van der Waals surface area (Å²) in [5.41, 5.74) is 2.71. The van der Waals surface area contributed by atoms with Crippen LogP contribution in [0.5, 0.6) is 0 Å². The third-order valence-electron chi connectivity index (χ3n) is 7.49. The molecule has 2 amide bonds. The number of benzene rings is 1. The van der Waals surface area contributed by atoms with Crippen molar-refractivity contribution in [2.24, 2.45) is 0 Å². The lowest BCUT2D eigenvalue weighted by atomic mass is 9.91. The number of rotatable bonds is 7. The van der Waals surface area contributed by atoms with E-state index in [0.29, 0.717) is 30.3 Å². The van der Waals surface area contributed by atoms with Crippen LogP contribution in [0, 0.1) is 0 Å². The lowest BCUT2D eigenvalue weighted by Gasteiger charge is -2.25. The second kappa shape index (κ2) is 11.6. The molecule has 4 heterocycles. The van der Waals surface area contributed by atoms with Crippen LogP contribution in [0.25, 0.3) is 11.5 Å². The quantitative estimate of drug-likeness (QED) is 0.334. The average molecular weight is 601 g/mol. The minimum Gasteiger partial charge on any atom is -0.444 e. The molecular weight excluding hydrogens is 565 g/mol. The van der Waals surface area contributed by atoms with Gasteiger partial charge < -0.3 is 18.9 Å². The Hall–Kier alpha value is -4.00. The van der Waals surface area contributed by atoms with E-state index in [1.807, 2.05) is 12.1 Å². The van der Waals surface area contributed by atoms with Crippen LogP contribution in [0.1, 0.15) is 79.5 Å². The van der Waals surface area contributed by atoms with Gasteiger partial charge in [0.15, 0.2) is 5.82 Å². The highest BCUT2D eigenvalue weighted by atomic mass is 19.4. The molecule has 13 heteroatoms. The molecule has 2 atom stereocenters. The normalized spacial score (nSPS) is 17.7. The standard InChI is InChI=1S/C30H35F3N6O4/c1-18(13-30(31,32)33)39-17-34-36-26(39)24-7-6-8-25(35-24)38-15-23-21(14-37(5)28(41)43-29(2,3)4)11-20(12-22(23)27(38)40)19-9-10-42-16-19/h6-8,11-12,17-19H,9-10,13-16H2,1-5H3/t18-,19+/m0/s1. The van der Waals surface area contributed by atoms with Crippen LogP contribution in [-0.2, 0) is 22.6 Å². The molecule has 0 spiro atoms. The van der Waals surface area contributed by atoms with Crippen molar-refractivity contribution in [2.75, 3.05) is 25.2 Å². The largest absolute Gasteiger partial charge is 0.444 e. The molecule has 10 nitrogen and oxygen atoms in total. The molecule has 1 aromatic carbocycles. The number of aromatic nitrogens is 4. The molecule has 1 saturated heterocycles. The zero-order valence-corrected chi connectivity index (χ0v) is 24.8. The molecule has 5 rings (SSSR count). The maximum atomic E-state index is 13.8. The number of anilines is 1. The predicted molar refractivity (Wildman–Crippen MR) is 151 cm³/mol. The van der Waals surface area contributed by atoms with Crippen molar-refractivity contribution in [3.8, 4) is 11.5 Å². The predicted octanol–water partition coefficient (Wildman–Crippen LogP) is 5.88. The van der Waals surface area contributed by atoms with Crippen molar-refractivity contribution in [2.45, 2.75) is 77.4 Å². The topological polar surface area (TPSA) is 103 Å². The van der Waals surface area contributed by atoms with Crippen LogP contribution in [-0.4, -0.2) is 68.7 Å². The van der Waals surface area contributed by atoms with Gasteiger partial charge in [-0.15, -0.1) is 10.2 Å². The lowest BCUT2D eigenvalue weighted by Crippen LogP contribution is -2.34. The Morgan fingerprint density at radius 3 is 2.67 bits per heavy atom. The Kier molecular flexibility index (Phi) is 8.21. The number of hydrogen-bond donors (Lipinski definition) is 0. The van der Waals surface area contributed by atoms with Gasteiger partial charge in [-0.3, -0.25) is 9.69 Å². The summed E-state index contributed by atoms with van der Waals surface area (Å²) in [6.07, 6.45) is -3.81. The number of hydrogen-bond acceptors (Lipinski definition) is 7. The second-order valence-corrected chi connectivity index (χ2v) is 12.1. The van der Waals surface area contributed by atoms with Gasteiger partial charge in [0, 0.05) is 37.7 Å². The van der Waals surface area contributed by atoms with Crippen molar-refractivity contribution < 1.29 is 32.2 Å². The van der Waals surface area contributed by atoms with Gasteiger partial charge in [-0.25, -0.2) is 9.78 Å². The molecule has 0 aliphatic carbocycles. The number of pyridine rings is 1. The first-order chi connectivity index (χ1) is 20.2. The SMILES string of the molecule is C[C@@H](CC(F)(F)F)n1cnnc1-c1cccc(N2Cc3c(CN(C)C(=O)OC(C)(C)C)cc([C@@H]4CCOC4)cc3C2=O)n1. The second-order valence-electron chi connectivity index (χ2n) is 12.1. The van der Waals surface area contributed by atoms with Crippen LogP contribution < -0.4 is 4.90 Å².